The monoisotopic (exact) mass is 290 g/mol. The van der Waals surface area contributed by atoms with Gasteiger partial charge in [0, 0.05) is 17.4 Å². The molecule has 1 atom stereocenters. The van der Waals surface area contributed by atoms with E-state index in [4.69, 9.17) is 5.73 Å². The normalized spacial score (nSPS) is 12.2. The predicted molar refractivity (Wildman–Crippen MR) is 78.3 cm³/mol. The molecule has 1 aromatic carbocycles. The quantitative estimate of drug-likeness (QED) is 0.789. The van der Waals surface area contributed by atoms with E-state index in [2.05, 4.69) is 24.5 Å². The molecule has 0 aliphatic rings. The van der Waals surface area contributed by atoms with Crippen LogP contribution in [0.4, 0.5) is 14.5 Å². The molecule has 1 aromatic rings. The maximum Gasteiger partial charge on any atom is 0.182 e. The smallest absolute Gasteiger partial charge is 0.182 e. The van der Waals surface area contributed by atoms with Crippen LogP contribution in [0.2, 0.25) is 0 Å². The summed E-state index contributed by atoms with van der Waals surface area (Å²) in [7, 11) is 0. The van der Waals surface area contributed by atoms with Crippen molar-refractivity contribution in [2.24, 2.45) is 5.73 Å². The number of thiocarbonyl (C=S) groups is 1. The molecule has 0 aromatic heterocycles. The number of nitrogens with one attached hydrogen (secondary N) is 1. The topological polar surface area (TPSA) is 38.0 Å². The standard InChI is InChI=1S/C12H16F2N2S2/c1-3-18-6-7(2)16-9-5-4-8(12(15)17)10(13)11(9)14/h4-5,7,16H,3,6H2,1-2H3,(H2,15,17). The van der Waals surface area contributed by atoms with Crippen LogP contribution in [0.5, 0.6) is 0 Å². The Labute approximate surface area is 115 Å². The van der Waals surface area contributed by atoms with Gasteiger partial charge in [0.1, 0.15) is 4.99 Å². The van der Waals surface area contributed by atoms with Crippen molar-refractivity contribution in [1.82, 2.24) is 0 Å². The fourth-order valence-electron chi connectivity index (χ4n) is 1.45. The molecule has 0 bridgehead atoms. The molecule has 0 saturated heterocycles. The summed E-state index contributed by atoms with van der Waals surface area (Å²) in [5.74, 6) is -0.116. The van der Waals surface area contributed by atoms with Crippen LogP contribution in [0.3, 0.4) is 0 Å². The molecule has 18 heavy (non-hydrogen) atoms. The van der Waals surface area contributed by atoms with E-state index in [0.29, 0.717) is 0 Å². The lowest BCUT2D eigenvalue weighted by molar-refractivity contribution is 0.509. The molecule has 0 aliphatic carbocycles. The molecule has 0 aliphatic heterocycles. The summed E-state index contributed by atoms with van der Waals surface area (Å²) in [6.07, 6.45) is 0. The Balaban J connectivity index is 2.85. The fraction of sp³-hybridized carbons (Fsp3) is 0.417. The number of benzene rings is 1. The Morgan fingerprint density at radius 1 is 1.44 bits per heavy atom. The van der Waals surface area contributed by atoms with Crippen LogP contribution in [0, 0.1) is 11.6 Å². The van der Waals surface area contributed by atoms with E-state index in [0.717, 1.165) is 11.5 Å². The number of halogens is 2. The van der Waals surface area contributed by atoms with Gasteiger partial charge in [-0.15, -0.1) is 0 Å². The van der Waals surface area contributed by atoms with Crippen molar-refractivity contribution >= 4 is 34.7 Å². The van der Waals surface area contributed by atoms with Crippen molar-refractivity contribution in [2.75, 3.05) is 16.8 Å². The number of thioether (sulfide) groups is 1. The lowest BCUT2D eigenvalue weighted by atomic mass is 10.1. The average molecular weight is 290 g/mol. The highest BCUT2D eigenvalue weighted by Crippen LogP contribution is 2.22. The van der Waals surface area contributed by atoms with Gasteiger partial charge in [0.15, 0.2) is 11.6 Å². The minimum Gasteiger partial charge on any atom is -0.389 e. The molecule has 1 rings (SSSR count). The lowest BCUT2D eigenvalue weighted by Crippen LogP contribution is -2.20. The second-order valence-electron chi connectivity index (χ2n) is 3.86. The second-order valence-corrected chi connectivity index (χ2v) is 5.62. The van der Waals surface area contributed by atoms with Gasteiger partial charge in [0.25, 0.3) is 0 Å². The first kappa shape index (κ1) is 15.2. The van der Waals surface area contributed by atoms with Crippen LogP contribution in [-0.4, -0.2) is 22.5 Å². The minimum atomic E-state index is -0.997. The van der Waals surface area contributed by atoms with E-state index in [1.807, 2.05) is 6.92 Å². The Bertz CT molecular complexity index is 438. The molecule has 0 spiro atoms. The van der Waals surface area contributed by atoms with Gasteiger partial charge in [-0.1, -0.05) is 19.1 Å². The number of hydrogen-bond donors (Lipinski definition) is 2. The molecule has 1 unspecified atom stereocenters. The zero-order valence-electron chi connectivity index (χ0n) is 10.3. The maximum absolute atomic E-state index is 13.7. The van der Waals surface area contributed by atoms with E-state index in [1.165, 1.54) is 12.1 Å². The van der Waals surface area contributed by atoms with Crippen LogP contribution in [0.1, 0.15) is 19.4 Å². The lowest BCUT2D eigenvalue weighted by Gasteiger charge is -2.16. The Morgan fingerprint density at radius 2 is 2.11 bits per heavy atom. The molecule has 0 saturated carbocycles. The summed E-state index contributed by atoms with van der Waals surface area (Å²) in [6, 6.07) is 2.91. The Hall–Kier alpha value is -0.880. The van der Waals surface area contributed by atoms with Crippen LogP contribution in [0.15, 0.2) is 12.1 Å². The van der Waals surface area contributed by atoms with E-state index in [9.17, 15) is 8.78 Å². The van der Waals surface area contributed by atoms with Crippen LogP contribution >= 0.6 is 24.0 Å². The van der Waals surface area contributed by atoms with Crippen LogP contribution in [0.25, 0.3) is 0 Å². The summed E-state index contributed by atoms with van der Waals surface area (Å²) in [5.41, 5.74) is 5.37. The molecule has 0 fully saturated rings. The van der Waals surface area contributed by atoms with E-state index in [1.54, 1.807) is 11.8 Å². The van der Waals surface area contributed by atoms with Gasteiger partial charge in [0.05, 0.1) is 5.69 Å². The molecular formula is C12H16F2N2S2. The number of anilines is 1. The van der Waals surface area contributed by atoms with Crippen molar-refractivity contribution in [3.8, 4) is 0 Å². The van der Waals surface area contributed by atoms with Crippen molar-refractivity contribution in [2.45, 2.75) is 19.9 Å². The highest BCUT2D eigenvalue weighted by molar-refractivity contribution is 7.99. The molecule has 100 valence electrons. The van der Waals surface area contributed by atoms with E-state index >= 15 is 0 Å². The van der Waals surface area contributed by atoms with Crippen molar-refractivity contribution in [3.63, 3.8) is 0 Å². The third-order valence-electron chi connectivity index (χ3n) is 2.32. The Morgan fingerprint density at radius 3 is 2.67 bits per heavy atom. The molecule has 0 heterocycles. The van der Waals surface area contributed by atoms with Gasteiger partial charge in [-0.25, -0.2) is 8.78 Å². The first-order chi connectivity index (χ1) is 8.47. The number of nitrogens with two attached hydrogens (primary N) is 1. The fourth-order valence-corrected chi connectivity index (χ4v) is 2.28. The van der Waals surface area contributed by atoms with Gasteiger partial charge in [0.2, 0.25) is 0 Å². The summed E-state index contributed by atoms with van der Waals surface area (Å²) < 4.78 is 27.4. The maximum atomic E-state index is 13.7. The molecule has 2 nitrogen and oxygen atoms in total. The highest BCUT2D eigenvalue weighted by Gasteiger charge is 2.16. The SMILES string of the molecule is CCSCC(C)Nc1ccc(C(N)=S)c(F)c1F. The van der Waals surface area contributed by atoms with Crippen LogP contribution in [-0.2, 0) is 0 Å². The van der Waals surface area contributed by atoms with Crippen molar-refractivity contribution in [1.29, 1.82) is 0 Å². The molecule has 3 N–H and O–H groups in total. The van der Waals surface area contributed by atoms with Gasteiger partial charge in [-0.3, -0.25) is 0 Å². The Kier molecular flexibility index (Phi) is 5.81. The third-order valence-corrected chi connectivity index (χ3v) is 3.69. The van der Waals surface area contributed by atoms with Crippen LogP contribution < -0.4 is 11.1 Å². The third kappa shape index (κ3) is 3.81. The second kappa shape index (κ2) is 6.89. The molecular weight excluding hydrogens is 274 g/mol. The first-order valence-electron chi connectivity index (χ1n) is 5.59. The zero-order chi connectivity index (χ0) is 13.7. The summed E-state index contributed by atoms with van der Waals surface area (Å²) >= 11 is 6.38. The summed E-state index contributed by atoms with van der Waals surface area (Å²) in [4.78, 5) is -0.146. The molecule has 0 radical (unpaired) electrons. The average Bonchev–Trinajstić information content (AvgIpc) is 2.32. The van der Waals surface area contributed by atoms with Gasteiger partial charge in [-0.2, -0.15) is 11.8 Å². The number of rotatable bonds is 6. The van der Waals surface area contributed by atoms with E-state index < -0.39 is 11.6 Å². The van der Waals surface area contributed by atoms with Crippen molar-refractivity contribution < 1.29 is 8.78 Å². The molecule has 0 amide bonds. The molecule has 6 heteroatoms. The largest absolute Gasteiger partial charge is 0.389 e. The summed E-state index contributed by atoms with van der Waals surface area (Å²) in [5, 5.41) is 2.93. The summed E-state index contributed by atoms with van der Waals surface area (Å²) in [6.45, 7) is 3.97. The predicted octanol–water partition coefficient (Wildman–Crippen LogP) is 3.15. The zero-order valence-corrected chi connectivity index (χ0v) is 11.9. The van der Waals surface area contributed by atoms with Gasteiger partial charge in [-0.05, 0) is 24.8 Å². The first-order valence-corrected chi connectivity index (χ1v) is 7.15. The number of hydrogen-bond acceptors (Lipinski definition) is 3. The minimum absolute atomic E-state index is 0.0551. The van der Waals surface area contributed by atoms with Gasteiger partial charge < -0.3 is 11.1 Å². The van der Waals surface area contributed by atoms with Crippen molar-refractivity contribution in [3.05, 3.63) is 29.3 Å². The highest BCUT2D eigenvalue weighted by atomic mass is 32.2. The van der Waals surface area contributed by atoms with Gasteiger partial charge >= 0.3 is 0 Å². The van der Waals surface area contributed by atoms with E-state index in [-0.39, 0.29) is 22.3 Å².